The second kappa shape index (κ2) is 5.59. The van der Waals surface area contributed by atoms with E-state index < -0.39 is 5.60 Å². The molecule has 0 unspecified atom stereocenters. The van der Waals surface area contributed by atoms with Gasteiger partial charge in [-0.25, -0.2) is 0 Å². The number of aromatic hydroxyl groups is 2. The van der Waals surface area contributed by atoms with E-state index in [0.717, 1.165) is 25.7 Å². The van der Waals surface area contributed by atoms with Crippen molar-refractivity contribution >= 4 is 0 Å². The average Bonchev–Trinajstić information content (AvgIpc) is 2.35. The molecule has 1 aromatic carbocycles. The summed E-state index contributed by atoms with van der Waals surface area (Å²) in [7, 11) is 0. The van der Waals surface area contributed by atoms with Crippen LogP contribution in [0.1, 0.15) is 37.7 Å². The maximum Gasteiger partial charge on any atom is 0.161 e. The maximum absolute atomic E-state index is 10.3. The number of benzene rings is 1. The molecule has 4 heteroatoms. The van der Waals surface area contributed by atoms with Gasteiger partial charge in [-0.3, -0.25) is 0 Å². The summed E-state index contributed by atoms with van der Waals surface area (Å²) in [5, 5.41) is 32.5. The van der Waals surface area contributed by atoms with Gasteiger partial charge in [-0.05, 0) is 18.9 Å². The van der Waals surface area contributed by atoms with E-state index in [1.54, 1.807) is 12.1 Å². The molecule has 1 saturated carbocycles. The number of phenols is 2. The Kier molecular flexibility index (Phi) is 4.09. The molecular formula is C14H21NO3. The van der Waals surface area contributed by atoms with Crippen molar-refractivity contribution in [3.8, 4) is 11.5 Å². The van der Waals surface area contributed by atoms with Crippen molar-refractivity contribution in [1.29, 1.82) is 0 Å². The molecule has 18 heavy (non-hydrogen) atoms. The van der Waals surface area contributed by atoms with Crippen LogP contribution in [-0.2, 0) is 6.54 Å². The SMILES string of the molecule is Oc1cccc(CNCC2(O)CCCCC2)c1O. The number of rotatable bonds is 4. The first-order valence-corrected chi connectivity index (χ1v) is 6.54. The minimum Gasteiger partial charge on any atom is -0.504 e. The van der Waals surface area contributed by atoms with Gasteiger partial charge in [0.05, 0.1) is 5.60 Å². The number of nitrogens with one attached hydrogen (secondary N) is 1. The van der Waals surface area contributed by atoms with Crippen LogP contribution in [0.25, 0.3) is 0 Å². The van der Waals surface area contributed by atoms with E-state index >= 15 is 0 Å². The Hall–Kier alpha value is -1.26. The molecular weight excluding hydrogens is 230 g/mol. The molecule has 0 aromatic heterocycles. The fourth-order valence-corrected chi connectivity index (χ4v) is 2.54. The lowest BCUT2D eigenvalue weighted by Gasteiger charge is -2.32. The molecule has 1 fully saturated rings. The predicted octanol–water partition coefficient (Wildman–Crippen LogP) is 1.88. The highest BCUT2D eigenvalue weighted by atomic mass is 16.3. The third kappa shape index (κ3) is 3.15. The van der Waals surface area contributed by atoms with Crippen LogP contribution in [-0.4, -0.2) is 27.5 Å². The van der Waals surface area contributed by atoms with Gasteiger partial charge >= 0.3 is 0 Å². The van der Waals surface area contributed by atoms with E-state index in [0.29, 0.717) is 18.7 Å². The molecule has 0 aliphatic heterocycles. The fourth-order valence-electron chi connectivity index (χ4n) is 2.54. The van der Waals surface area contributed by atoms with E-state index in [4.69, 9.17) is 0 Å². The van der Waals surface area contributed by atoms with E-state index in [1.165, 1.54) is 12.5 Å². The highest BCUT2D eigenvalue weighted by Gasteiger charge is 2.28. The van der Waals surface area contributed by atoms with Crippen LogP contribution in [0, 0.1) is 0 Å². The van der Waals surface area contributed by atoms with E-state index in [1.807, 2.05) is 0 Å². The van der Waals surface area contributed by atoms with Gasteiger partial charge in [0.2, 0.25) is 0 Å². The van der Waals surface area contributed by atoms with Gasteiger partial charge in [0.1, 0.15) is 0 Å². The monoisotopic (exact) mass is 251 g/mol. The summed E-state index contributed by atoms with van der Waals surface area (Å²) in [5.74, 6) is -0.189. The quantitative estimate of drug-likeness (QED) is 0.617. The normalized spacial score (nSPS) is 18.7. The van der Waals surface area contributed by atoms with Crippen LogP contribution in [0.2, 0.25) is 0 Å². The Morgan fingerprint density at radius 3 is 2.56 bits per heavy atom. The molecule has 0 bridgehead atoms. The zero-order valence-corrected chi connectivity index (χ0v) is 10.5. The van der Waals surface area contributed by atoms with Crippen molar-refractivity contribution in [2.45, 2.75) is 44.2 Å². The molecule has 2 rings (SSSR count). The predicted molar refractivity (Wildman–Crippen MR) is 69.5 cm³/mol. The molecule has 100 valence electrons. The molecule has 1 aromatic rings. The van der Waals surface area contributed by atoms with Crippen molar-refractivity contribution < 1.29 is 15.3 Å². The highest BCUT2D eigenvalue weighted by Crippen LogP contribution is 2.29. The Balaban J connectivity index is 1.86. The van der Waals surface area contributed by atoms with Crippen molar-refractivity contribution in [1.82, 2.24) is 5.32 Å². The fraction of sp³-hybridized carbons (Fsp3) is 0.571. The lowest BCUT2D eigenvalue weighted by Crippen LogP contribution is -2.41. The molecule has 0 heterocycles. The standard InChI is InChI=1S/C14H21NO3/c16-12-6-4-5-11(13(12)17)9-15-10-14(18)7-2-1-3-8-14/h4-6,15-18H,1-3,7-10H2. The first kappa shape index (κ1) is 13.2. The molecule has 4 nitrogen and oxygen atoms in total. The number of hydrogen-bond acceptors (Lipinski definition) is 4. The largest absolute Gasteiger partial charge is 0.504 e. The molecule has 1 aliphatic carbocycles. The van der Waals surface area contributed by atoms with Gasteiger partial charge in [0.15, 0.2) is 11.5 Å². The molecule has 0 spiro atoms. The minimum atomic E-state index is -0.606. The van der Waals surface area contributed by atoms with Crippen molar-refractivity contribution in [2.75, 3.05) is 6.54 Å². The number of para-hydroxylation sites is 1. The lowest BCUT2D eigenvalue weighted by molar-refractivity contribution is 0.00463. The third-order valence-electron chi connectivity index (χ3n) is 3.65. The molecule has 0 atom stereocenters. The van der Waals surface area contributed by atoms with Gasteiger partial charge in [-0.15, -0.1) is 0 Å². The van der Waals surface area contributed by atoms with Crippen LogP contribution in [0.15, 0.2) is 18.2 Å². The van der Waals surface area contributed by atoms with E-state index in [-0.39, 0.29) is 11.5 Å². The van der Waals surface area contributed by atoms with Crippen LogP contribution in [0.3, 0.4) is 0 Å². The summed E-state index contributed by atoms with van der Waals surface area (Å²) in [6.07, 6.45) is 5.04. The van der Waals surface area contributed by atoms with Crippen LogP contribution in [0.4, 0.5) is 0 Å². The molecule has 0 radical (unpaired) electrons. The van der Waals surface area contributed by atoms with Gasteiger partial charge in [-0.1, -0.05) is 31.4 Å². The first-order valence-electron chi connectivity index (χ1n) is 6.54. The molecule has 1 aliphatic rings. The number of hydrogen-bond donors (Lipinski definition) is 4. The van der Waals surface area contributed by atoms with Gasteiger partial charge in [0.25, 0.3) is 0 Å². The Bertz CT molecular complexity index is 400. The van der Waals surface area contributed by atoms with E-state index in [9.17, 15) is 15.3 Å². The Labute approximate surface area is 107 Å². The second-order valence-corrected chi connectivity index (χ2v) is 5.17. The minimum absolute atomic E-state index is 0.0827. The van der Waals surface area contributed by atoms with Gasteiger partial charge < -0.3 is 20.6 Å². The van der Waals surface area contributed by atoms with E-state index in [2.05, 4.69) is 5.32 Å². The van der Waals surface area contributed by atoms with Crippen LogP contribution >= 0.6 is 0 Å². The zero-order valence-electron chi connectivity index (χ0n) is 10.5. The summed E-state index contributed by atoms with van der Waals surface area (Å²) in [6.45, 7) is 0.977. The van der Waals surface area contributed by atoms with Gasteiger partial charge in [-0.2, -0.15) is 0 Å². The first-order chi connectivity index (χ1) is 8.61. The molecule has 0 saturated heterocycles. The summed E-state index contributed by atoms with van der Waals surface area (Å²) >= 11 is 0. The molecule has 4 N–H and O–H groups in total. The number of phenolic OH excluding ortho intramolecular Hbond substituents is 2. The maximum atomic E-state index is 10.3. The van der Waals surface area contributed by atoms with Crippen molar-refractivity contribution in [3.63, 3.8) is 0 Å². The lowest BCUT2D eigenvalue weighted by atomic mass is 9.85. The van der Waals surface area contributed by atoms with Crippen LogP contribution in [0.5, 0.6) is 11.5 Å². The number of aliphatic hydroxyl groups is 1. The topological polar surface area (TPSA) is 72.7 Å². The average molecular weight is 251 g/mol. The Morgan fingerprint density at radius 2 is 1.83 bits per heavy atom. The zero-order chi connectivity index (χ0) is 13.0. The summed E-state index contributed by atoms with van der Waals surface area (Å²) < 4.78 is 0. The second-order valence-electron chi connectivity index (χ2n) is 5.17. The van der Waals surface area contributed by atoms with Crippen molar-refractivity contribution in [3.05, 3.63) is 23.8 Å². The summed E-state index contributed by atoms with van der Waals surface area (Å²) in [4.78, 5) is 0. The van der Waals surface area contributed by atoms with Crippen LogP contribution < -0.4 is 5.32 Å². The smallest absolute Gasteiger partial charge is 0.161 e. The van der Waals surface area contributed by atoms with Crippen molar-refractivity contribution in [2.24, 2.45) is 0 Å². The summed E-state index contributed by atoms with van der Waals surface area (Å²) in [6, 6.07) is 4.90. The highest BCUT2D eigenvalue weighted by molar-refractivity contribution is 5.44. The molecule has 0 amide bonds. The summed E-state index contributed by atoms with van der Waals surface area (Å²) in [5.41, 5.74) is 0.0411. The Morgan fingerprint density at radius 1 is 1.11 bits per heavy atom. The third-order valence-corrected chi connectivity index (χ3v) is 3.65. The van der Waals surface area contributed by atoms with Gasteiger partial charge in [0, 0.05) is 18.7 Å².